The van der Waals surface area contributed by atoms with Crippen molar-refractivity contribution in [2.45, 2.75) is 19.1 Å². The van der Waals surface area contributed by atoms with Crippen molar-refractivity contribution in [1.82, 2.24) is 20.2 Å². The number of benzene rings is 1. The van der Waals surface area contributed by atoms with Crippen LogP contribution in [0.1, 0.15) is 33.4 Å². The van der Waals surface area contributed by atoms with E-state index in [1.165, 1.54) is 11.2 Å². The molecule has 3 aromatic heterocycles. The third kappa shape index (κ3) is 5.07. The lowest BCUT2D eigenvalue weighted by Crippen LogP contribution is -2.43. The number of hydrogen-bond acceptors (Lipinski definition) is 5. The first-order valence-electron chi connectivity index (χ1n) is 10.2. The molecule has 1 aromatic carbocycles. The Morgan fingerprint density at radius 1 is 0.938 bits per heavy atom. The van der Waals surface area contributed by atoms with Gasteiger partial charge in [-0.2, -0.15) is 0 Å². The van der Waals surface area contributed by atoms with E-state index in [9.17, 15) is 9.59 Å². The second kappa shape index (κ2) is 10.2. The zero-order valence-electron chi connectivity index (χ0n) is 17.3. The fourth-order valence-corrected chi connectivity index (χ4v) is 3.38. The summed E-state index contributed by atoms with van der Waals surface area (Å²) in [5.41, 5.74) is 1.79. The highest BCUT2D eigenvalue weighted by molar-refractivity contribution is 5.96. The molecule has 0 aliphatic heterocycles. The molecule has 3 heterocycles. The number of nitrogens with zero attached hydrogens (tertiary/aromatic N) is 3. The summed E-state index contributed by atoms with van der Waals surface area (Å²) in [6.45, 7) is 0.434. The predicted molar refractivity (Wildman–Crippen MR) is 118 cm³/mol. The fraction of sp³-hybridized carbons (Fsp3) is 0.120. The van der Waals surface area contributed by atoms with E-state index >= 15 is 0 Å². The van der Waals surface area contributed by atoms with E-state index < -0.39 is 6.04 Å². The number of rotatable bonds is 8. The molecule has 0 unspecified atom stereocenters. The van der Waals surface area contributed by atoms with Crippen LogP contribution in [0.4, 0.5) is 0 Å². The van der Waals surface area contributed by atoms with E-state index in [-0.39, 0.29) is 24.1 Å². The zero-order valence-corrected chi connectivity index (χ0v) is 17.3. The van der Waals surface area contributed by atoms with Crippen LogP contribution in [-0.2, 0) is 17.9 Å². The third-order valence-corrected chi connectivity index (χ3v) is 4.92. The number of carbonyl (C=O) groups excluding carboxylic acids is 2. The van der Waals surface area contributed by atoms with E-state index in [0.29, 0.717) is 17.9 Å². The number of hydrogen-bond donors (Lipinski definition) is 1. The molecule has 0 radical (unpaired) electrons. The largest absolute Gasteiger partial charge is 0.467 e. The van der Waals surface area contributed by atoms with Gasteiger partial charge in [0.2, 0.25) is 5.91 Å². The first-order chi connectivity index (χ1) is 15.7. The van der Waals surface area contributed by atoms with Crippen molar-refractivity contribution in [3.8, 4) is 0 Å². The summed E-state index contributed by atoms with van der Waals surface area (Å²) in [6.07, 6.45) is 6.30. The first kappa shape index (κ1) is 21.0. The summed E-state index contributed by atoms with van der Waals surface area (Å²) in [4.78, 5) is 36.7. The molecule has 0 saturated carbocycles. The quantitative estimate of drug-likeness (QED) is 0.463. The van der Waals surface area contributed by atoms with Crippen molar-refractivity contribution in [1.29, 1.82) is 0 Å². The monoisotopic (exact) mass is 426 g/mol. The van der Waals surface area contributed by atoms with Gasteiger partial charge < -0.3 is 14.6 Å². The molecule has 160 valence electrons. The van der Waals surface area contributed by atoms with Crippen LogP contribution in [0.2, 0.25) is 0 Å². The molecule has 0 bridgehead atoms. The Hall–Kier alpha value is -4.26. The second-order valence-corrected chi connectivity index (χ2v) is 7.12. The van der Waals surface area contributed by atoms with Gasteiger partial charge in [-0.15, -0.1) is 0 Å². The minimum Gasteiger partial charge on any atom is -0.467 e. The standard InChI is InChI=1S/C25H22N4O3/c30-24(28-16-19-8-2-1-3-9-19)23(20-10-6-13-26-17-20)29(18-21-11-7-15-32-21)25(31)22-12-4-5-14-27-22/h1-15,17,23H,16,18H2,(H,28,30)/t23-/m1/s1. The number of furan rings is 1. The van der Waals surface area contributed by atoms with Crippen LogP contribution in [0.25, 0.3) is 0 Å². The molecule has 0 spiro atoms. The summed E-state index contributed by atoms with van der Waals surface area (Å²) in [6, 6.07) is 20.8. The van der Waals surface area contributed by atoms with Gasteiger partial charge in [0.1, 0.15) is 17.5 Å². The molecule has 1 atom stereocenters. The van der Waals surface area contributed by atoms with Crippen molar-refractivity contribution in [2.75, 3.05) is 0 Å². The van der Waals surface area contributed by atoms with Crippen LogP contribution >= 0.6 is 0 Å². The van der Waals surface area contributed by atoms with E-state index in [4.69, 9.17) is 4.42 Å². The summed E-state index contributed by atoms with van der Waals surface area (Å²) < 4.78 is 5.48. The highest BCUT2D eigenvalue weighted by Crippen LogP contribution is 2.25. The minimum atomic E-state index is -0.924. The topological polar surface area (TPSA) is 88.3 Å². The van der Waals surface area contributed by atoms with E-state index in [0.717, 1.165) is 5.56 Å². The minimum absolute atomic E-state index is 0.0979. The van der Waals surface area contributed by atoms with Crippen molar-refractivity contribution in [3.63, 3.8) is 0 Å². The maximum Gasteiger partial charge on any atom is 0.273 e. The van der Waals surface area contributed by atoms with E-state index in [1.807, 2.05) is 30.3 Å². The van der Waals surface area contributed by atoms with Crippen LogP contribution in [0.5, 0.6) is 0 Å². The van der Waals surface area contributed by atoms with Gasteiger partial charge in [-0.1, -0.05) is 42.5 Å². The highest BCUT2D eigenvalue weighted by Gasteiger charge is 2.33. The van der Waals surface area contributed by atoms with Gasteiger partial charge >= 0.3 is 0 Å². The van der Waals surface area contributed by atoms with Crippen LogP contribution in [-0.4, -0.2) is 26.7 Å². The molecule has 0 aliphatic rings. The molecule has 0 saturated heterocycles. The molecule has 7 heteroatoms. The normalized spacial score (nSPS) is 11.5. The third-order valence-electron chi connectivity index (χ3n) is 4.92. The Bertz CT molecular complexity index is 1130. The Morgan fingerprint density at radius 3 is 2.47 bits per heavy atom. The highest BCUT2D eigenvalue weighted by atomic mass is 16.3. The Morgan fingerprint density at radius 2 is 1.78 bits per heavy atom. The molecule has 7 nitrogen and oxygen atoms in total. The van der Waals surface area contributed by atoms with Gasteiger partial charge in [-0.3, -0.25) is 19.6 Å². The Balaban J connectivity index is 1.68. The van der Waals surface area contributed by atoms with Gasteiger partial charge in [-0.25, -0.2) is 0 Å². The Labute approximate surface area is 185 Å². The number of amides is 2. The van der Waals surface area contributed by atoms with E-state index in [1.54, 1.807) is 61.1 Å². The summed E-state index contributed by atoms with van der Waals surface area (Å²) in [5, 5.41) is 2.95. The van der Waals surface area contributed by atoms with Gasteiger partial charge in [0.25, 0.3) is 5.91 Å². The summed E-state index contributed by atoms with van der Waals surface area (Å²) in [5.74, 6) is -0.151. The zero-order chi connectivity index (χ0) is 22.2. The number of nitrogens with one attached hydrogen (secondary N) is 1. The molecule has 32 heavy (non-hydrogen) atoms. The average Bonchev–Trinajstić information content (AvgIpc) is 3.37. The van der Waals surface area contributed by atoms with E-state index in [2.05, 4.69) is 15.3 Å². The lowest BCUT2D eigenvalue weighted by molar-refractivity contribution is -0.126. The molecule has 4 rings (SSSR count). The number of carbonyl (C=O) groups is 2. The lowest BCUT2D eigenvalue weighted by atomic mass is 10.0. The molecule has 4 aromatic rings. The van der Waals surface area contributed by atoms with Gasteiger partial charge in [0.15, 0.2) is 0 Å². The van der Waals surface area contributed by atoms with Crippen molar-refractivity contribution in [2.24, 2.45) is 0 Å². The SMILES string of the molecule is O=C(NCc1ccccc1)[C@@H](c1cccnc1)N(Cc1ccco1)C(=O)c1ccccn1. The van der Waals surface area contributed by atoms with Crippen LogP contribution < -0.4 is 5.32 Å². The predicted octanol–water partition coefficient (Wildman–Crippen LogP) is 3.77. The summed E-state index contributed by atoms with van der Waals surface area (Å²) >= 11 is 0. The number of pyridine rings is 2. The summed E-state index contributed by atoms with van der Waals surface area (Å²) in [7, 11) is 0. The second-order valence-electron chi connectivity index (χ2n) is 7.12. The maximum atomic E-state index is 13.5. The van der Waals surface area contributed by atoms with Crippen LogP contribution in [0.3, 0.4) is 0 Å². The van der Waals surface area contributed by atoms with Gasteiger partial charge in [0, 0.05) is 30.7 Å². The van der Waals surface area contributed by atoms with Crippen molar-refractivity contribution < 1.29 is 14.0 Å². The van der Waals surface area contributed by atoms with Gasteiger partial charge in [0.05, 0.1) is 12.8 Å². The number of aromatic nitrogens is 2. The molecular weight excluding hydrogens is 404 g/mol. The Kier molecular flexibility index (Phi) is 6.67. The van der Waals surface area contributed by atoms with Crippen LogP contribution in [0, 0.1) is 0 Å². The lowest BCUT2D eigenvalue weighted by Gasteiger charge is -2.30. The molecule has 2 amide bonds. The smallest absolute Gasteiger partial charge is 0.273 e. The molecular formula is C25H22N4O3. The van der Waals surface area contributed by atoms with Crippen molar-refractivity contribution >= 4 is 11.8 Å². The van der Waals surface area contributed by atoms with Crippen molar-refractivity contribution in [3.05, 3.63) is 120 Å². The average molecular weight is 426 g/mol. The van der Waals surface area contributed by atoms with Gasteiger partial charge in [-0.05, 0) is 35.9 Å². The molecule has 1 N–H and O–H groups in total. The van der Waals surface area contributed by atoms with Crippen LogP contribution in [0.15, 0.2) is 102 Å². The fourth-order valence-electron chi connectivity index (χ4n) is 3.38. The molecule has 0 aliphatic carbocycles. The first-order valence-corrected chi connectivity index (χ1v) is 10.2. The maximum absolute atomic E-state index is 13.5. The molecule has 0 fully saturated rings.